The van der Waals surface area contributed by atoms with Crippen LogP contribution in [0.5, 0.6) is 0 Å². The monoisotopic (exact) mass is 251 g/mol. The zero-order valence-corrected chi connectivity index (χ0v) is 10.8. The first-order chi connectivity index (χ1) is 8.29. The molecule has 1 aromatic rings. The molecule has 0 bridgehead atoms. The van der Waals surface area contributed by atoms with Crippen molar-refractivity contribution >= 4 is 17.7 Å². The fourth-order valence-electron chi connectivity index (χ4n) is 1.86. The molecular formula is C13H17NO2S. The summed E-state index contributed by atoms with van der Waals surface area (Å²) >= 11 is 1.67. The SMILES string of the molecule is CSc1ccc(C(=O)NC[C@H]2CCCO2)cc1. The molecule has 1 heterocycles. The van der Waals surface area contributed by atoms with Gasteiger partial charge in [0.25, 0.3) is 5.91 Å². The molecule has 0 aliphatic carbocycles. The van der Waals surface area contributed by atoms with E-state index in [-0.39, 0.29) is 12.0 Å². The van der Waals surface area contributed by atoms with Crippen LogP contribution in [-0.2, 0) is 4.74 Å². The summed E-state index contributed by atoms with van der Waals surface area (Å²) in [6, 6.07) is 7.64. The molecule has 0 unspecified atom stereocenters. The lowest BCUT2D eigenvalue weighted by molar-refractivity contribution is 0.0857. The Balaban J connectivity index is 1.85. The van der Waals surface area contributed by atoms with E-state index in [1.807, 2.05) is 30.5 Å². The number of nitrogens with one attached hydrogen (secondary N) is 1. The molecule has 1 aromatic carbocycles. The van der Waals surface area contributed by atoms with Crippen LogP contribution in [-0.4, -0.2) is 31.4 Å². The lowest BCUT2D eigenvalue weighted by Crippen LogP contribution is -2.31. The summed E-state index contributed by atoms with van der Waals surface area (Å²) in [4.78, 5) is 13.0. The standard InChI is InChI=1S/C13H17NO2S/c1-17-12-6-4-10(5-7-12)13(15)14-9-11-3-2-8-16-11/h4-7,11H,2-3,8-9H2,1H3,(H,14,15)/t11-/m1/s1. The minimum atomic E-state index is -0.0202. The van der Waals surface area contributed by atoms with E-state index in [0.717, 1.165) is 19.4 Å². The largest absolute Gasteiger partial charge is 0.376 e. The molecule has 1 N–H and O–H groups in total. The van der Waals surface area contributed by atoms with E-state index < -0.39 is 0 Å². The minimum absolute atomic E-state index is 0.0202. The number of thioether (sulfide) groups is 1. The third kappa shape index (κ3) is 3.48. The number of ether oxygens (including phenoxy) is 1. The van der Waals surface area contributed by atoms with Gasteiger partial charge in [0.15, 0.2) is 0 Å². The third-order valence-corrected chi connectivity index (χ3v) is 3.61. The zero-order valence-electron chi connectivity index (χ0n) is 9.94. The molecule has 92 valence electrons. The van der Waals surface area contributed by atoms with Gasteiger partial charge in [-0.1, -0.05) is 0 Å². The number of hydrogen-bond acceptors (Lipinski definition) is 3. The Labute approximate surface area is 106 Å². The Hall–Kier alpha value is -1.00. The summed E-state index contributed by atoms with van der Waals surface area (Å²) in [5.74, 6) is -0.0202. The van der Waals surface area contributed by atoms with Crippen molar-refractivity contribution in [1.82, 2.24) is 5.32 Å². The molecule has 0 spiro atoms. The molecule has 0 aromatic heterocycles. The minimum Gasteiger partial charge on any atom is -0.376 e. The van der Waals surface area contributed by atoms with Crippen LogP contribution in [0.1, 0.15) is 23.2 Å². The van der Waals surface area contributed by atoms with Gasteiger partial charge < -0.3 is 10.1 Å². The summed E-state index contributed by atoms with van der Waals surface area (Å²) in [6.07, 6.45) is 4.37. The van der Waals surface area contributed by atoms with Gasteiger partial charge in [0.1, 0.15) is 0 Å². The van der Waals surface area contributed by atoms with E-state index in [1.54, 1.807) is 11.8 Å². The Bertz CT molecular complexity index is 372. The van der Waals surface area contributed by atoms with Gasteiger partial charge in [0.05, 0.1) is 6.10 Å². The maximum Gasteiger partial charge on any atom is 0.251 e. The highest BCUT2D eigenvalue weighted by Crippen LogP contribution is 2.15. The van der Waals surface area contributed by atoms with Crippen LogP contribution in [0.25, 0.3) is 0 Å². The smallest absolute Gasteiger partial charge is 0.251 e. The number of benzene rings is 1. The van der Waals surface area contributed by atoms with Gasteiger partial charge in [-0.25, -0.2) is 0 Å². The molecular weight excluding hydrogens is 234 g/mol. The molecule has 0 saturated carbocycles. The highest BCUT2D eigenvalue weighted by molar-refractivity contribution is 7.98. The van der Waals surface area contributed by atoms with E-state index >= 15 is 0 Å². The van der Waals surface area contributed by atoms with Crippen molar-refractivity contribution in [3.8, 4) is 0 Å². The first-order valence-corrected chi connectivity index (χ1v) is 7.06. The number of amides is 1. The van der Waals surface area contributed by atoms with Crippen LogP contribution in [0.2, 0.25) is 0 Å². The lowest BCUT2D eigenvalue weighted by atomic mass is 10.2. The molecule has 3 nitrogen and oxygen atoms in total. The summed E-state index contributed by atoms with van der Waals surface area (Å²) in [7, 11) is 0. The first-order valence-electron chi connectivity index (χ1n) is 5.83. The average Bonchev–Trinajstić information content (AvgIpc) is 2.89. The van der Waals surface area contributed by atoms with Crippen molar-refractivity contribution in [3.05, 3.63) is 29.8 Å². The Morgan fingerprint density at radius 1 is 1.47 bits per heavy atom. The average molecular weight is 251 g/mol. The number of carbonyl (C=O) groups excluding carboxylic acids is 1. The predicted octanol–water partition coefficient (Wildman–Crippen LogP) is 2.32. The summed E-state index contributed by atoms with van der Waals surface area (Å²) < 4.78 is 5.46. The van der Waals surface area contributed by atoms with Gasteiger partial charge in [-0.05, 0) is 43.4 Å². The van der Waals surface area contributed by atoms with Crippen LogP contribution in [0.3, 0.4) is 0 Å². The first kappa shape index (κ1) is 12.5. The normalized spacial score (nSPS) is 19.2. The molecule has 4 heteroatoms. The van der Waals surface area contributed by atoms with Crippen molar-refractivity contribution in [2.24, 2.45) is 0 Å². The van der Waals surface area contributed by atoms with Crippen LogP contribution in [0.4, 0.5) is 0 Å². The Morgan fingerprint density at radius 3 is 2.82 bits per heavy atom. The fourth-order valence-corrected chi connectivity index (χ4v) is 2.26. The topological polar surface area (TPSA) is 38.3 Å². The maximum atomic E-state index is 11.8. The Kier molecular flexibility index (Phi) is 4.45. The third-order valence-electron chi connectivity index (χ3n) is 2.87. The van der Waals surface area contributed by atoms with Gasteiger partial charge in [-0.15, -0.1) is 11.8 Å². The summed E-state index contributed by atoms with van der Waals surface area (Å²) in [6.45, 7) is 1.44. The van der Waals surface area contributed by atoms with Crippen LogP contribution in [0.15, 0.2) is 29.2 Å². The molecule has 17 heavy (non-hydrogen) atoms. The molecule has 1 aliphatic rings. The van der Waals surface area contributed by atoms with Crippen molar-refractivity contribution in [2.75, 3.05) is 19.4 Å². The van der Waals surface area contributed by atoms with Crippen LogP contribution < -0.4 is 5.32 Å². The van der Waals surface area contributed by atoms with Gasteiger partial charge in [-0.3, -0.25) is 4.79 Å². The molecule has 0 radical (unpaired) electrons. The van der Waals surface area contributed by atoms with E-state index in [4.69, 9.17) is 4.74 Å². The maximum absolute atomic E-state index is 11.8. The second-order valence-electron chi connectivity index (χ2n) is 4.07. The number of carbonyl (C=O) groups is 1. The summed E-state index contributed by atoms with van der Waals surface area (Å²) in [5, 5.41) is 2.91. The van der Waals surface area contributed by atoms with Gasteiger partial charge in [0, 0.05) is 23.6 Å². The predicted molar refractivity (Wildman–Crippen MR) is 69.5 cm³/mol. The second kappa shape index (κ2) is 6.07. The van der Waals surface area contributed by atoms with E-state index in [9.17, 15) is 4.79 Å². The highest BCUT2D eigenvalue weighted by atomic mass is 32.2. The molecule has 1 saturated heterocycles. The Morgan fingerprint density at radius 2 is 2.24 bits per heavy atom. The lowest BCUT2D eigenvalue weighted by Gasteiger charge is -2.10. The van der Waals surface area contributed by atoms with Gasteiger partial charge >= 0.3 is 0 Å². The molecule has 2 rings (SSSR count). The highest BCUT2D eigenvalue weighted by Gasteiger charge is 2.16. The van der Waals surface area contributed by atoms with Crippen LogP contribution in [0, 0.1) is 0 Å². The molecule has 1 fully saturated rings. The van der Waals surface area contributed by atoms with Gasteiger partial charge in [0.2, 0.25) is 0 Å². The van der Waals surface area contributed by atoms with Crippen molar-refractivity contribution in [1.29, 1.82) is 0 Å². The van der Waals surface area contributed by atoms with Crippen LogP contribution >= 0.6 is 11.8 Å². The van der Waals surface area contributed by atoms with E-state index in [2.05, 4.69) is 5.32 Å². The quantitative estimate of drug-likeness (QED) is 0.835. The zero-order chi connectivity index (χ0) is 12.1. The van der Waals surface area contributed by atoms with Crippen molar-refractivity contribution in [2.45, 2.75) is 23.8 Å². The molecule has 1 amide bonds. The molecule has 1 aliphatic heterocycles. The molecule has 1 atom stereocenters. The fraction of sp³-hybridized carbons (Fsp3) is 0.462. The van der Waals surface area contributed by atoms with Crippen molar-refractivity contribution in [3.63, 3.8) is 0 Å². The van der Waals surface area contributed by atoms with E-state index in [1.165, 1.54) is 4.90 Å². The number of rotatable bonds is 4. The van der Waals surface area contributed by atoms with Crippen molar-refractivity contribution < 1.29 is 9.53 Å². The second-order valence-corrected chi connectivity index (χ2v) is 4.95. The number of hydrogen-bond donors (Lipinski definition) is 1. The van der Waals surface area contributed by atoms with E-state index in [0.29, 0.717) is 12.1 Å². The summed E-state index contributed by atoms with van der Waals surface area (Å²) in [5.41, 5.74) is 0.709. The van der Waals surface area contributed by atoms with Gasteiger partial charge in [-0.2, -0.15) is 0 Å².